The van der Waals surface area contributed by atoms with E-state index in [0.29, 0.717) is 6.04 Å². The number of hydrogen-bond donors (Lipinski definition) is 2. The first-order valence-corrected chi connectivity index (χ1v) is 10.5. The molecule has 0 amide bonds. The summed E-state index contributed by atoms with van der Waals surface area (Å²) in [6.07, 6.45) is 7.77. The van der Waals surface area contributed by atoms with Crippen LogP contribution in [-0.2, 0) is 0 Å². The molecular weight excluding hydrogens is 310 g/mol. The fourth-order valence-electron chi connectivity index (χ4n) is 4.06. The van der Waals surface area contributed by atoms with Crippen molar-refractivity contribution in [1.29, 1.82) is 0 Å². The Balaban J connectivity index is 1.53. The van der Waals surface area contributed by atoms with Gasteiger partial charge in [0.25, 0.3) is 0 Å². The van der Waals surface area contributed by atoms with Crippen molar-refractivity contribution in [3.63, 3.8) is 0 Å². The van der Waals surface area contributed by atoms with E-state index >= 15 is 0 Å². The van der Waals surface area contributed by atoms with Gasteiger partial charge in [0.15, 0.2) is 5.96 Å². The molecule has 0 bridgehead atoms. The number of aliphatic imine (C=N–C) groups is 1. The molecule has 1 heterocycles. The van der Waals surface area contributed by atoms with Crippen molar-refractivity contribution < 1.29 is 0 Å². The Morgan fingerprint density at radius 3 is 2.32 bits per heavy atom. The Morgan fingerprint density at radius 2 is 1.72 bits per heavy atom. The lowest BCUT2D eigenvalue weighted by Crippen LogP contribution is -2.46. The molecule has 0 spiro atoms. The van der Waals surface area contributed by atoms with Crippen LogP contribution in [0.3, 0.4) is 0 Å². The van der Waals surface area contributed by atoms with Crippen molar-refractivity contribution in [2.24, 2.45) is 16.8 Å². The lowest BCUT2D eigenvalue weighted by atomic mass is 9.80. The van der Waals surface area contributed by atoms with Gasteiger partial charge in [-0.1, -0.05) is 13.8 Å². The van der Waals surface area contributed by atoms with Crippen LogP contribution >= 0.6 is 0 Å². The van der Waals surface area contributed by atoms with E-state index in [1.54, 1.807) is 0 Å². The topological polar surface area (TPSA) is 42.9 Å². The first-order valence-electron chi connectivity index (χ1n) is 10.5. The van der Waals surface area contributed by atoms with Gasteiger partial charge in [-0.2, -0.15) is 0 Å². The number of hydrogen-bond acceptors (Lipinski definition) is 3. The number of guanidine groups is 1. The van der Waals surface area contributed by atoms with Gasteiger partial charge in [-0.15, -0.1) is 0 Å². The number of piperazine rings is 1. The van der Waals surface area contributed by atoms with E-state index in [0.717, 1.165) is 24.3 Å². The molecule has 0 aromatic heterocycles. The van der Waals surface area contributed by atoms with Gasteiger partial charge in [0.05, 0.1) is 0 Å². The predicted molar refractivity (Wildman–Crippen MR) is 108 cm³/mol. The van der Waals surface area contributed by atoms with Gasteiger partial charge in [0.1, 0.15) is 0 Å². The highest BCUT2D eigenvalue weighted by Gasteiger charge is 2.23. The standard InChI is InChI=1S/C20H41N5/c1-17(2)18-7-9-19(10-8-18)23-20(21-3)22-11-5-6-12-25-15-13-24(4)14-16-25/h17-19H,5-16H2,1-4H3,(H2,21,22,23). The third-order valence-corrected chi connectivity index (χ3v) is 6.07. The molecule has 2 rings (SSSR count). The fraction of sp³-hybridized carbons (Fsp3) is 0.950. The monoisotopic (exact) mass is 351 g/mol. The van der Waals surface area contributed by atoms with Crippen LogP contribution in [0.15, 0.2) is 4.99 Å². The zero-order valence-electron chi connectivity index (χ0n) is 17.1. The van der Waals surface area contributed by atoms with E-state index in [4.69, 9.17) is 0 Å². The maximum Gasteiger partial charge on any atom is 0.191 e. The molecule has 146 valence electrons. The maximum atomic E-state index is 4.41. The van der Waals surface area contributed by atoms with Gasteiger partial charge in [-0.3, -0.25) is 4.99 Å². The highest BCUT2D eigenvalue weighted by Crippen LogP contribution is 2.29. The smallest absolute Gasteiger partial charge is 0.191 e. The van der Waals surface area contributed by atoms with Crippen LogP contribution in [0.1, 0.15) is 52.4 Å². The summed E-state index contributed by atoms with van der Waals surface area (Å²) in [7, 11) is 4.11. The zero-order chi connectivity index (χ0) is 18.1. The van der Waals surface area contributed by atoms with Crippen molar-refractivity contribution in [2.75, 3.05) is 53.4 Å². The summed E-state index contributed by atoms with van der Waals surface area (Å²) in [5, 5.41) is 7.14. The fourth-order valence-corrected chi connectivity index (χ4v) is 4.06. The zero-order valence-corrected chi connectivity index (χ0v) is 17.1. The van der Waals surface area contributed by atoms with E-state index in [2.05, 4.69) is 46.3 Å². The van der Waals surface area contributed by atoms with E-state index in [1.807, 2.05) is 7.05 Å². The number of likely N-dealkylation sites (N-methyl/N-ethyl adjacent to an activating group) is 1. The second-order valence-corrected chi connectivity index (χ2v) is 8.35. The van der Waals surface area contributed by atoms with Gasteiger partial charge in [0.2, 0.25) is 0 Å². The molecule has 2 N–H and O–H groups in total. The quantitative estimate of drug-likeness (QED) is 0.420. The minimum absolute atomic E-state index is 0.603. The summed E-state index contributed by atoms with van der Waals surface area (Å²) in [6.45, 7) is 11.9. The minimum atomic E-state index is 0.603. The van der Waals surface area contributed by atoms with Crippen molar-refractivity contribution in [3.05, 3.63) is 0 Å². The van der Waals surface area contributed by atoms with Gasteiger partial charge in [0, 0.05) is 45.8 Å². The molecule has 0 atom stereocenters. The van der Waals surface area contributed by atoms with Crippen LogP contribution in [-0.4, -0.2) is 75.2 Å². The van der Waals surface area contributed by atoms with Crippen LogP contribution < -0.4 is 10.6 Å². The molecule has 0 unspecified atom stereocenters. The normalized spacial score (nSPS) is 26.8. The van der Waals surface area contributed by atoms with E-state index in [-0.39, 0.29) is 0 Å². The Kier molecular flexibility index (Phi) is 9.04. The lowest BCUT2D eigenvalue weighted by Gasteiger charge is -2.32. The van der Waals surface area contributed by atoms with Gasteiger partial charge in [-0.05, 0) is 64.0 Å². The van der Waals surface area contributed by atoms with Crippen LogP contribution in [0.4, 0.5) is 0 Å². The van der Waals surface area contributed by atoms with Crippen LogP contribution in [0.5, 0.6) is 0 Å². The summed E-state index contributed by atoms with van der Waals surface area (Å²) >= 11 is 0. The summed E-state index contributed by atoms with van der Waals surface area (Å²) < 4.78 is 0. The Bertz CT molecular complexity index is 380. The van der Waals surface area contributed by atoms with Gasteiger partial charge >= 0.3 is 0 Å². The van der Waals surface area contributed by atoms with E-state index < -0.39 is 0 Å². The predicted octanol–water partition coefficient (Wildman–Crippen LogP) is 2.39. The molecule has 1 aliphatic carbocycles. The molecule has 2 fully saturated rings. The van der Waals surface area contributed by atoms with Crippen molar-refractivity contribution in [1.82, 2.24) is 20.4 Å². The molecule has 5 heteroatoms. The molecule has 0 aromatic carbocycles. The summed E-state index contributed by atoms with van der Waals surface area (Å²) in [5.74, 6) is 2.74. The second kappa shape index (κ2) is 11.0. The highest BCUT2D eigenvalue weighted by molar-refractivity contribution is 5.79. The van der Waals surface area contributed by atoms with E-state index in [1.165, 1.54) is 71.2 Å². The summed E-state index contributed by atoms with van der Waals surface area (Å²) in [4.78, 5) is 9.43. The van der Waals surface area contributed by atoms with Crippen LogP contribution in [0, 0.1) is 11.8 Å². The molecule has 25 heavy (non-hydrogen) atoms. The SMILES string of the molecule is CN=C(NCCCCN1CCN(C)CC1)NC1CCC(C(C)C)CC1. The maximum absolute atomic E-state index is 4.41. The first kappa shape index (κ1) is 20.5. The molecule has 1 saturated carbocycles. The molecule has 1 aliphatic heterocycles. The number of nitrogens with one attached hydrogen (secondary N) is 2. The number of rotatable bonds is 7. The third kappa shape index (κ3) is 7.53. The van der Waals surface area contributed by atoms with Crippen molar-refractivity contribution in [3.8, 4) is 0 Å². The Labute approximate surface area is 155 Å². The van der Waals surface area contributed by atoms with Crippen LogP contribution in [0.25, 0.3) is 0 Å². The number of unbranched alkanes of at least 4 members (excludes halogenated alkanes) is 1. The molecule has 1 saturated heterocycles. The Morgan fingerprint density at radius 1 is 1.04 bits per heavy atom. The summed E-state index contributed by atoms with van der Waals surface area (Å²) in [5.41, 5.74) is 0. The largest absolute Gasteiger partial charge is 0.356 e. The molecule has 2 aliphatic rings. The third-order valence-electron chi connectivity index (χ3n) is 6.07. The molecular formula is C20H41N5. The lowest BCUT2D eigenvalue weighted by molar-refractivity contribution is 0.152. The highest BCUT2D eigenvalue weighted by atomic mass is 15.2. The van der Waals surface area contributed by atoms with Gasteiger partial charge < -0.3 is 20.4 Å². The molecule has 0 aromatic rings. The van der Waals surface area contributed by atoms with Gasteiger partial charge in [-0.25, -0.2) is 0 Å². The molecule has 5 nitrogen and oxygen atoms in total. The molecule has 0 radical (unpaired) electrons. The van der Waals surface area contributed by atoms with E-state index in [9.17, 15) is 0 Å². The average molecular weight is 352 g/mol. The van der Waals surface area contributed by atoms with Crippen molar-refractivity contribution in [2.45, 2.75) is 58.4 Å². The summed E-state index contributed by atoms with van der Waals surface area (Å²) in [6, 6.07) is 0.603. The average Bonchev–Trinajstić information content (AvgIpc) is 2.62. The Hall–Kier alpha value is -0.810. The first-order chi connectivity index (χ1) is 12.1. The second-order valence-electron chi connectivity index (χ2n) is 8.35. The minimum Gasteiger partial charge on any atom is -0.356 e. The van der Waals surface area contributed by atoms with Crippen LogP contribution in [0.2, 0.25) is 0 Å². The number of nitrogens with zero attached hydrogens (tertiary/aromatic N) is 3. The van der Waals surface area contributed by atoms with Crippen molar-refractivity contribution >= 4 is 5.96 Å².